The van der Waals surface area contributed by atoms with Crippen LogP contribution in [0.25, 0.3) is 0 Å². The van der Waals surface area contributed by atoms with Crippen LogP contribution >= 0.6 is 0 Å². The van der Waals surface area contributed by atoms with E-state index < -0.39 is 0 Å². The van der Waals surface area contributed by atoms with E-state index in [1.165, 1.54) is 5.56 Å². The molecule has 0 unspecified atom stereocenters. The fourth-order valence-corrected chi connectivity index (χ4v) is 4.50. The van der Waals surface area contributed by atoms with E-state index in [-0.39, 0.29) is 0 Å². The van der Waals surface area contributed by atoms with Crippen LogP contribution in [0.4, 0.5) is 0 Å². The Labute approximate surface area is 162 Å². The number of aryl methyl sites for hydroxylation is 1. The predicted molar refractivity (Wildman–Crippen MR) is 107 cm³/mol. The average molecular weight is 367 g/mol. The maximum Gasteiger partial charge on any atom is 0.236 e. The Kier molecular flexibility index (Phi) is 5.58. The molecule has 5 heteroatoms. The Morgan fingerprint density at radius 1 is 1.11 bits per heavy atom. The van der Waals surface area contributed by atoms with Crippen molar-refractivity contribution in [3.8, 4) is 0 Å². The van der Waals surface area contributed by atoms with E-state index in [4.69, 9.17) is 0 Å². The van der Waals surface area contributed by atoms with E-state index in [1.54, 1.807) is 0 Å². The van der Waals surface area contributed by atoms with Crippen LogP contribution in [0.2, 0.25) is 0 Å². The molecule has 0 spiro atoms. The zero-order valence-electron chi connectivity index (χ0n) is 16.3. The lowest BCUT2D eigenvalue weighted by Gasteiger charge is -2.33. The number of amides is 1. The van der Waals surface area contributed by atoms with Crippen LogP contribution in [0.15, 0.2) is 42.7 Å². The lowest BCUT2D eigenvalue weighted by molar-refractivity contribution is -0.133. The molecule has 144 valence electrons. The van der Waals surface area contributed by atoms with Gasteiger partial charge in [-0.25, -0.2) is 4.98 Å². The number of imidazole rings is 1. The van der Waals surface area contributed by atoms with Crippen LogP contribution in [-0.4, -0.2) is 58.0 Å². The van der Waals surface area contributed by atoms with Crippen LogP contribution in [0.3, 0.4) is 0 Å². The maximum atomic E-state index is 12.7. The summed E-state index contributed by atoms with van der Waals surface area (Å²) in [5.41, 5.74) is 1.41. The molecule has 1 aromatic carbocycles. The molecule has 2 saturated heterocycles. The van der Waals surface area contributed by atoms with Gasteiger partial charge < -0.3 is 9.47 Å². The van der Waals surface area contributed by atoms with E-state index in [9.17, 15) is 4.79 Å². The van der Waals surface area contributed by atoms with Gasteiger partial charge >= 0.3 is 0 Å². The molecule has 5 nitrogen and oxygen atoms in total. The Morgan fingerprint density at radius 3 is 2.59 bits per heavy atom. The lowest BCUT2D eigenvalue weighted by atomic mass is 9.96. The molecule has 4 rings (SSSR count). The van der Waals surface area contributed by atoms with Gasteiger partial charge in [-0.05, 0) is 50.1 Å². The Balaban J connectivity index is 1.22. The first-order valence-electron chi connectivity index (χ1n) is 10.2. The van der Waals surface area contributed by atoms with Crippen LogP contribution in [0.5, 0.6) is 0 Å². The second kappa shape index (κ2) is 8.26. The summed E-state index contributed by atoms with van der Waals surface area (Å²) < 4.78 is 2.23. The highest BCUT2D eigenvalue weighted by Crippen LogP contribution is 2.27. The van der Waals surface area contributed by atoms with E-state index in [2.05, 4.69) is 62.8 Å². The number of hydrogen-bond acceptors (Lipinski definition) is 3. The summed E-state index contributed by atoms with van der Waals surface area (Å²) in [6, 6.07) is 10.7. The summed E-state index contributed by atoms with van der Waals surface area (Å²) in [5.74, 6) is 2.61. The van der Waals surface area contributed by atoms with Crippen LogP contribution < -0.4 is 0 Å². The summed E-state index contributed by atoms with van der Waals surface area (Å²) in [6.07, 6.45) is 7.27. The zero-order valence-corrected chi connectivity index (χ0v) is 16.3. The number of piperidine rings is 1. The Morgan fingerprint density at radius 2 is 1.89 bits per heavy atom. The summed E-state index contributed by atoms with van der Waals surface area (Å²) in [6.45, 7) is 7.49. The first-order chi connectivity index (χ1) is 13.2. The van der Waals surface area contributed by atoms with Gasteiger partial charge in [-0.1, -0.05) is 30.3 Å². The first-order valence-corrected chi connectivity index (χ1v) is 10.2. The molecule has 0 saturated carbocycles. The second-order valence-electron chi connectivity index (χ2n) is 8.08. The number of nitrogens with zero attached hydrogens (tertiary/aromatic N) is 4. The van der Waals surface area contributed by atoms with E-state index >= 15 is 0 Å². The number of likely N-dealkylation sites (tertiary alicyclic amines) is 2. The molecule has 0 bridgehead atoms. The first kappa shape index (κ1) is 18.2. The molecule has 1 atom stereocenters. The van der Waals surface area contributed by atoms with Gasteiger partial charge in [0.05, 0.1) is 6.54 Å². The van der Waals surface area contributed by atoms with Gasteiger partial charge in [-0.2, -0.15) is 0 Å². The summed E-state index contributed by atoms with van der Waals surface area (Å²) in [4.78, 5) is 21.5. The highest BCUT2D eigenvalue weighted by molar-refractivity contribution is 5.78. The lowest BCUT2D eigenvalue weighted by Crippen LogP contribution is -2.44. The quantitative estimate of drug-likeness (QED) is 0.817. The van der Waals surface area contributed by atoms with Gasteiger partial charge in [0.1, 0.15) is 5.82 Å². The highest BCUT2D eigenvalue weighted by atomic mass is 16.2. The molecule has 0 radical (unpaired) electrons. The van der Waals surface area contributed by atoms with Crippen LogP contribution in [0, 0.1) is 12.8 Å². The smallest absolute Gasteiger partial charge is 0.236 e. The van der Waals surface area contributed by atoms with Crippen molar-refractivity contribution >= 4 is 5.91 Å². The van der Waals surface area contributed by atoms with E-state index in [0.29, 0.717) is 24.3 Å². The van der Waals surface area contributed by atoms with Gasteiger partial charge in [0.2, 0.25) is 5.91 Å². The van der Waals surface area contributed by atoms with Crippen molar-refractivity contribution in [3.63, 3.8) is 0 Å². The molecule has 27 heavy (non-hydrogen) atoms. The average Bonchev–Trinajstić information content (AvgIpc) is 3.32. The third kappa shape index (κ3) is 4.41. The topological polar surface area (TPSA) is 41.4 Å². The second-order valence-corrected chi connectivity index (χ2v) is 8.08. The number of carbonyl (C=O) groups excluding carboxylic acids is 1. The van der Waals surface area contributed by atoms with Crippen molar-refractivity contribution in [2.75, 3.05) is 32.7 Å². The minimum atomic E-state index is 0.306. The SMILES string of the molecule is Cc1nccn1CC1CCN(C(=O)CN2CC[C@@H](c3ccccc3)C2)CC1. The minimum absolute atomic E-state index is 0.306. The fourth-order valence-electron chi connectivity index (χ4n) is 4.50. The molecule has 2 aliphatic rings. The molecular weight excluding hydrogens is 336 g/mol. The molecule has 2 aliphatic heterocycles. The minimum Gasteiger partial charge on any atom is -0.342 e. The van der Waals surface area contributed by atoms with Crippen molar-refractivity contribution in [2.45, 2.75) is 38.6 Å². The van der Waals surface area contributed by atoms with Crippen molar-refractivity contribution in [1.29, 1.82) is 0 Å². The Hall–Kier alpha value is -2.14. The zero-order chi connectivity index (χ0) is 18.6. The van der Waals surface area contributed by atoms with Crippen LogP contribution in [-0.2, 0) is 11.3 Å². The van der Waals surface area contributed by atoms with Gasteiger partial charge in [-0.3, -0.25) is 9.69 Å². The molecule has 3 heterocycles. The van der Waals surface area contributed by atoms with Crippen molar-refractivity contribution in [3.05, 3.63) is 54.1 Å². The summed E-state index contributed by atoms with van der Waals surface area (Å²) >= 11 is 0. The number of hydrogen-bond donors (Lipinski definition) is 0. The highest BCUT2D eigenvalue weighted by Gasteiger charge is 2.28. The molecule has 1 aromatic heterocycles. The molecule has 0 aliphatic carbocycles. The van der Waals surface area contributed by atoms with E-state index in [1.807, 2.05) is 6.20 Å². The fraction of sp³-hybridized carbons (Fsp3) is 0.545. The number of aromatic nitrogens is 2. The van der Waals surface area contributed by atoms with Gasteiger partial charge in [0, 0.05) is 38.6 Å². The van der Waals surface area contributed by atoms with Gasteiger partial charge in [0.15, 0.2) is 0 Å². The maximum absolute atomic E-state index is 12.7. The standard InChI is InChI=1S/C22H30N4O/c1-18-23-10-14-26(18)15-19-7-12-25(13-8-19)22(27)17-24-11-9-21(16-24)20-5-3-2-4-6-20/h2-6,10,14,19,21H,7-9,11-13,15-17H2,1H3/t21-/m1/s1. The van der Waals surface area contributed by atoms with Crippen molar-refractivity contribution in [1.82, 2.24) is 19.4 Å². The molecular formula is C22H30N4O. The number of carbonyl (C=O) groups is 1. The molecule has 0 N–H and O–H groups in total. The monoisotopic (exact) mass is 366 g/mol. The molecule has 1 amide bonds. The number of rotatable bonds is 5. The van der Waals surface area contributed by atoms with Crippen molar-refractivity contribution < 1.29 is 4.79 Å². The third-order valence-corrected chi connectivity index (χ3v) is 6.25. The van der Waals surface area contributed by atoms with Gasteiger partial charge in [0.25, 0.3) is 0 Å². The third-order valence-electron chi connectivity index (χ3n) is 6.25. The normalized spacial score (nSPS) is 21.7. The summed E-state index contributed by atoms with van der Waals surface area (Å²) in [7, 11) is 0. The summed E-state index contributed by atoms with van der Waals surface area (Å²) in [5, 5.41) is 0. The molecule has 2 aromatic rings. The molecule has 2 fully saturated rings. The number of benzene rings is 1. The Bertz CT molecular complexity index is 749. The largest absolute Gasteiger partial charge is 0.342 e. The van der Waals surface area contributed by atoms with Crippen molar-refractivity contribution in [2.24, 2.45) is 5.92 Å². The van der Waals surface area contributed by atoms with Gasteiger partial charge in [-0.15, -0.1) is 0 Å². The van der Waals surface area contributed by atoms with E-state index in [0.717, 1.165) is 57.8 Å². The van der Waals surface area contributed by atoms with Crippen LogP contribution in [0.1, 0.15) is 36.6 Å². The predicted octanol–water partition coefficient (Wildman–Crippen LogP) is 2.92.